The van der Waals surface area contributed by atoms with Gasteiger partial charge in [-0.25, -0.2) is 4.98 Å². The van der Waals surface area contributed by atoms with Crippen molar-refractivity contribution >= 4 is 14.0 Å². The number of aromatic nitrogens is 2. The van der Waals surface area contributed by atoms with Gasteiger partial charge in [-0.15, -0.1) is 0 Å². The predicted molar refractivity (Wildman–Crippen MR) is 80.0 cm³/mol. The van der Waals surface area contributed by atoms with Gasteiger partial charge in [0.2, 0.25) is 0 Å². The minimum absolute atomic E-state index is 0.564. The summed E-state index contributed by atoms with van der Waals surface area (Å²) in [6.45, 7) is 6.25. The van der Waals surface area contributed by atoms with E-state index < -0.39 is 14.4 Å². The van der Waals surface area contributed by atoms with E-state index in [1.165, 1.54) is 18.4 Å². The molecule has 1 atom stereocenters. The quantitative estimate of drug-likeness (QED) is 0.806. The summed E-state index contributed by atoms with van der Waals surface area (Å²) in [6, 6.07) is 6.39. The van der Waals surface area contributed by atoms with Crippen LogP contribution in [-0.4, -0.2) is 17.7 Å². The average molecular weight is 285 g/mol. The summed E-state index contributed by atoms with van der Waals surface area (Å²) >= 11 is 0. The molecule has 0 spiro atoms. The van der Waals surface area contributed by atoms with E-state index in [9.17, 15) is 5.26 Å². The van der Waals surface area contributed by atoms with Crippen LogP contribution in [-0.2, 0) is 4.43 Å². The Balaban J connectivity index is 1.93. The minimum Gasteiger partial charge on any atom is -0.398 e. The summed E-state index contributed by atoms with van der Waals surface area (Å²) in [4.78, 5) is 4.53. The molecule has 2 aromatic heterocycles. The largest absolute Gasteiger partial charge is 0.398 e. The van der Waals surface area contributed by atoms with Gasteiger partial charge in [0.1, 0.15) is 11.3 Å². The smallest absolute Gasteiger partial charge is 0.186 e. The van der Waals surface area contributed by atoms with E-state index in [0.717, 1.165) is 11.6 Å². The molecule has 3 rings (SSSR count). The fourth-order valence-electron chi connectivity index (χ4n) is 2.32. The molecule has 2 heterocycles. The number of hydrogen-bond acceptors (Lipinski definition) is 3. The molecular formula is C15H19N3OSi. The molecule has 0 aromatic carbocycles. The number of hydrogen-bond donors (Lipinski definition) is 0. The Bertz CT molecular complexity index is 676. The van der Waals surface area contributed by atoms with Crippen molar-refractivity contribution in [3.8, 4) is 6.07 Å². The number of rotatable bonds is 4. The molecule has 0 aliphatic heterocycles. The first-order valence-corrected chi connectivity index (χ1v) is 10.4. The van der Waals surface area contributed by atoms with Crippen molar-refractivity contribution < 1.29 is 4.43 Å². The molecule has 5 heteroatoms. The molecule has 0 saturated heterocycles. The molecule has 1 fully saturated rings. The molecule has 0 amide bonds. The Morgan fingerprint density at radius 2 is 2.10 bits per heavy atom. The van der Waals surface area contributed by atoms with Gasteiger partial charge >= 0.3 is 0 Å². The zero-order chi connectivity index (χ0) is 14.3. The lowest BCUT2D eigenvalue weighted by atomic mass is 10.2. The summed E-state index contributed by atoms with van der Waals surface area (Å²) < 4.78 is 7.91. The van der Waals surface area contributed by atoms with Gasteiger partial charge < -0.3 is 8.83 Å². The molecule has 0 bridgehead atoms. The van der Waals surface area contributed by atoms with Crippen LogP contribution in [0.2, 0.25) is 19.6 Å². The van der Waals surface area contributed by atoms with Crippen molar-refractivity contribution in [2.24, 2.45) is 0 Å². The molecular weight excluding hydrogens is 266 g/mol. The minimum atomic E-state index is -1.76. The molecule has 0 radical (unpaired) electrons. The zero-order valence-corrected chi connectivity index (χ0v) is 13.1. The number of pyridine rings is 1. The first kappa shape index (κ1) is 13.3. The average Bonchev–Trinajstić information content (AvgIpc) is 3.14. The van der Waals surface area contributed by atoms with Gasteiger partial charge in [-0.2, -0.15) is 5.26 Å². The number of nitrogens with zero attached hydrogens (tertiary/aromatic N) is 3. The van der Waals surface area contributed by atoms with Crippen molar-refractivity contribution in [1.29, 1.82) is 5.26 Å². The lowest BCUT2D eigenvalue weighted by Gasteiger charge is -2.20. The van der Waals surface area contributed by atoms with E-state index in [2.05, 4.69) is 43.0 Å². The fourth-order valence-corrected chi connectivity index (χ4v) is 3.20. The van der Waals surface area contributed by atoms with Crippen LogP contribution in [0.3, 0.4) is 0 Å². The molecule has 2 aromatic rings. The Kier molecular flexibility index (Phi) is 3.15. The highest BCUT2D eigenvalue weighted by molar-refractivity contribution is 6.69. The third-order valence-corrected chi connectivity index (χ3v) is 4.34. The second kappa shape index (κ2) is 4.72. The zero-order valence-electron chi connectivity index (χ0n) is 12.1. The summed E-state index contributed by atoms with van der Waals surface area (Å²) in [5.41, 5.74) is 2.95. The SMILES string of the molecule is C[Si](C)(C)OC(C#N)c1cn2cc(C3CC3)ccc2n1. The standard InChI is InChI=1S/C15H19N3OSi/c1-20(2,3)19-14(8-16)13-10-18-9-12(11-4-5-11)6-7-15(18)17-13/h6-7,9-11,14H,4-5H2,1-3H3. The Hall–Kier alpha value is -1.64. The maximum absolute atomic E-state index is 9.32. The van der Waals surface area contributed by atoms with Crippen molar-refractivity contribution in [2.45, 2.75) is 44.5 Å². The molecule has 20 heavy (non-hydrogen) atoms. The van der Waals surface area contributed by atoms with E-state index in [0.29, 0.717) is 5.69 Å². The molecule has 1 aliphatic carbocycles. The van der Waals surface area contributed by atoms with Crippen LogP contribution in [0.25, 0.3) is 5.65 Å². The van der Waals surface area contributed by atoms with Gasteiger partial charge in [-0.3, -0.25) is 0 Å². The van der Waals surface area contributed by atoms with E-state index >= 15 is 0 Å². The van der Waals surface area contributed by atoms with Gasteiger partial charge in [0, 0.05) is 12.4 Å². The third-order valence-electron chi connectivity index (χ3n) is 3.40. The van der Waals surface area contributed by atoms with Crippen LogP contribution in [0.5, 0.6) is 0 Å². The van der Waals surface area contributed by atoms with Crippen molar-refractivity contribution in [1.82, 2.24) is 9.38 Å². The van der Waals surface area contributed by atoms with Crippen molar-refractivity contribution in [3.63, 3.8) is 0 Å². The molecule has 0 N–H and O–H groups in total. The molecule has 1 unspecified atom stereocenters. The molecule has 1 saturated carbocycles. The third kappa shape index (κ3) is 2.76. The molecule has 1 aliphatic rings. The van der Waals surface area contributed by atoms with E-state index in [1.807, 2.05) is 16.7 Å². The Morgan fingerprint density at radius 1 is 1.35 bits per heavy atom. The van der Waals surface area contributed by atoms with Gasteiger partial charge in [0.05, 0.1) is 6.07 Å². The molecule has 4 nitrogen and oxygen atoms in total. The van der Waals surface area contributed by atoms with Crippen LogP contribution in [0.1, 0.15) is 36.1 Å². The predicted octanol–water partition coefficient (Wildman–Crippen LogP) is 3.63. The summed E-state index contributed by atoms with van der Waals surface area (Å²) in [5.74, 6) is 0.718. The first-order chi connectivity index (χ1) is 9.46. The summed E-state index contributed by atoms with van der Waals surface area (Å²) in [7, 11) is -1.76. The normalized spacial score (nSPS) is 17.1. The number of nitriles is 1. The number of imidazole rings is 1. The molecule has 104 valence electrons. The second-order valence-electron chi connectivity index (χ2n) is 6.41. The topological polar surface area (TPSA) is 50.3 Å². The lowest BCUT2D eigenvalue weighted by molar-refractivity contribution is 0.251. The van der Waals surface area contributed by atoms with Crippen LogP contribution >= 0.6 is 0 Å². The highest BCUT2D eigenvalue weighted by Gasteiger charge is 2.26. The highest BCUT2D eigenvalue weighted by Crippen LogP contribution is 2.40. The first-order valence-electron chi connectivity index (χ1n) is 7.02. The van der Waals surface area contributed by atoms with Crippen LogP contribution in [0, 0.1) is 11.3 Å². The van der Waals surface area contributed by atoms with Crippen molar-refractivity contribution in [2.75, 3.05) is 0 Å². The van der Waals surface area contributed by atoms with Crippen molar-refractivity contribution in [3.05, 3.63) is 35.8 Å². The highest BCUT2D eigenvalue weighted by atomic mass is 28.4. The monoisotopic (exact) mass is 285 g/mol. The summed E-state index contributed by atoms with van der Waals surface area (Å²) in [5, 5.41) is 9.32. The van der Waals surface area contributed by atoms with Crippen LogP contribution in [0.15, 0.2) is 24.5 Å². The van der Waals surface area contributed by atoms with Gasteiger partial charge in [-0.1, -0.05) is 6.07 Å². The maximum Gasteiger partial charge on any atom is 0.186 e. The van der Waals surface area contributed by atoms with Gasteiger partial charge in [0.15, 0.2) is 14.4 Å². The van der Waals surface area contributed by atoms with E-state index in [1.54, 1.807) is 0 Å². The lowest BCUT2D eigenvalue weighted by Crippen LogP contribution is -2.27. The Morgan fingerprint density at radius 3 is 2.70 bits per heavy atom. The van der Waals surface area contributed by atoms with Crippen LogP contribution in [0.4, 0.5) is 0 Å². The van der Waals surface area contributed by atoms with Gasteiger partial charge in [-0.05, 0) is 50.0 Å². The second-order valence-corrected chi connectivity index (χ2v) is 10.9. The number of fused-ring (bicyclic) bond motifs is 1. The summed E-state index contributed by atoms with van der Waals surface area (Å²) in [6.07, 6.45) is 6.06. The van der Waals surface area contributed by atoms with E-state index in [4.69, 9.17) is 4.43 Å². The van der Waals surface area contributed by atoms with Crippen LogP contribution < -0.4 is 0 Å². The van der Waals surface area contributed by atoms with Gasteiger partial charge in [0.25, 0.3) is 0 Å². The maximum atomic E-state index is 9.32. The van der Waals surface area contributed by atoms with E-state index in [-0.39, 0.29) is 0 Å². The fraction of sp³-hybridized carbons (Fsp3) is 0.467. The Labute approximate surface area is 120 Å².